The van der Waals surface area contributed by atoms with Crippen LogP contribution in [0, 0.1) is 19.8 Å². The Morgan fingerprint density at radius 2 is 2.20 bits per heavy atom. The lowest BCUT2D eigenvalue weighted by Gasteiger charge is -2.19. The van der Waals surface area contributed by atoms with Gasteiger partial charge in [0, 0.05) is 18.4 Å². The Bertz CT molecular complexity index is 348. The van der Waals surface area contributed by atoms with Gasteiger partial charge in [0.2, 0.25) is 0 Å². The summed E-state index contributed by atoms with van der Waals surface area (Å²) in [5.74, 6) is 1.17. The second kappa shape index (κ2) is 4.54. The van der Waals surface area contributed by atoms with E-state index >= 15 is 0 Å². The summed E-state index contributed by atoms with van der Waals surface area (Å²) in [7, 11) is 0. The number of hydrogen-bond acceptors (Lipinski definition) is 1. The zero-order valence-electron chi connectivity index (χ0n) is 9.29. The number of rotatable bonds is 2. The van der Waals surface area contributed by atoms with Crippen LogP contribution in [0.1, 0.15) is 29.2 Å². The minimum Gasteiger partial charge on any atom is -0.373 e. The molecule has 0 N–H and O–H groups in total. The van der Waals surface area contributed by atoms with Crippen LogP contribution in [-0.4, -0.2) is 12.5 Å². The summed E-state index contributed by atoms with van der Waals surface area (Å²) < 4.78 is 5.79. The number of benzene rings is 1. The van der Waals surface area contributed by atoms with Crippen LogP contribution in [-0.2, 0) is 4.74 Å². The minimum atomic E-state index is 0.211. The van der Waals surface area contributed by atoms with Gasteiger partial charge in [-0.3, -0.25) is 0 Å². The van der Waals surface area contributed by atoms with Gasteiger partial charge >= 0.3 is 0 Å². The van der Waals surface area contributed by atoms with Gasteiger partial charge in [0.25, 0.3) is 0 Å². The zero-order valence-corrected chi connectivity index (χ0v) is 10.1. The number of hydrogen-bond donors (Lipinski definition) is 0. The lowest BCUT2D eigenvalue weighted by molar-refractivity contribution is 0.0946. The standard InChI is InChI=1S/C13H17ClO/c1-9-4-3-5-12(10(9)2)13-11(8-14)6-7-15-13/h3-5,11,13H,6-8H2,1-2H3. The molecule has 1 heterocycles. The quantitative estimate of drug-likeness (QED) is 0.698. The number of alkyl halides is 1. The van der Waals surface area contributed by atoms with Crippen molar-refractivity contribution in [2.75, 3.05) is 12.5 Å². The molecule has 15 heavy (non-hydrogen) atoms. The lowest BCUT2D eigenvalue weighted by Crippen LogP contribution is -2.10. The fraction of sp³-hybridized carbons (Fsp3) is 0.538. The van der Waals surface area contributed by atoms with Crippen molar-refractivity contribution < 1.29 is 4.74 Å². The molecule has 0 aromatic heterocycles. The monoisotopic (exact) mass is 224 g/mol. The highest BCUT2D eigenvalue weighted by molar-refractivity contribution is 6.18. The first-order chi connectivity index (χ1) is 7.24. The van der Waals surface area contributed by atoms with E-state index in [0.717, 1.165) is 13.0 Å². The smallest absolute Gasteiger partial charge is 0.0867 e. The average Bonchev–Trinajstić information content (AvgIpc) is 2.70. The molecule has 1 aliphatic heterocycles. The maximum Gasteiger partial charge on any atom is 0.0867 e. The van der Waals surface area contributed by atoms with E-state index in [2.05, 4.69) is 32.0 Å². The van der Waals surface area contributed by atoms with Gasteiger partial charge in [-0.25, -0.2) is 0 Å². The van der Waals surface area contributed by atoms with Crippen LogP contribution in [0.25, 0.3) is 0 Å². The summed E-state index contributed by atoms with van der Waals surface area (Å²) in [5, 5.41) is 0. The Balaban J connectivity index is 2.32. The molecular weight excluding hydrogens is 208 g/mol. The van der Waals surface area contributed by atoms with Gasteiger partial charge in [0.05, 0.1) is 6.10 Å². The van der Waals surface area contributed by atoms with Gasteiger partial charge in [-0.2, -0.15) is 0 Å². The molecule has 1 saturated heterocycles. The molecule has 2 rings (SSSR count). The number of aryl methyl sites for hydroxylation is 1. The van der Waals surface area contributed by atoms with Crippen molar-refractivity contribution in [1.82, 2.24) is 0 Å². The highest BCUT2D eigenvalue weighted by Crippen LogP contribution is 2.37. The number of halogens is 1. The molecule has 1 fully saturated rings. The Morgan fingerprint density at radius 1 is 1.40 bits per heavy atom. The SMILES string of the molecule is Cc1cccc(C2OCCC2CCl)c1C. The predicted octanol–water partition coefficient (Wildman–Crippen LogP) is 3.62. The van der Waals surface area contributed by atoms with Crippen molar-refractivity contribution >= 4 is 11.6 Å². The van der Waals surface area contributed by atoms with Crippen molar-refractivity contribution in [1.29, 1.82) is 0 Å². The third-order valence-electron chi connectivity index (χ3n) is 3.37. The average molecular weight is 225 g/mol. The number of ether oxygens (including phenoxy) is 1. The fourth-order valence-electron chi connectivity index (χ4n) is 2.22. The molecule has 2 atom stereocenters. The van der Waals surface area contributed by atoms with Crippen LogP contribution >= 0.6 is 11.6 Å². The van der Waals surface area contributed by atoms with Gasteiger partial charge < -0.3 is 4.74 Å². The molecule has 1 aromatic rings. The zero-order chi connectivity index (χ0) is 10.8. The maximum atomic E-state index is 5.96. The topological polar surface area (TPSA) is 9.23 Å². The van der Waals surface area contributed by atoms with Gasteiger partial charge in [0.1, 0.15) is 0 Å². The molecule has 1 aliphatic rings. The molecule has 1 nitrogen and oxygen atoms in total. The van der Waals surface area contributed by atoms with E-state index in [0.29, 0.717) is 11.8 Å². The van der Waals surface area contributed by atoms with Crippen LogP contribution in [0.4, 0.5) is 0 Å². The minimum absolute atomic E-state index is 0.211. The summed E-state index contributed by atoms with van der Waals surface area (Å²) in [5.41, 5.74) is 3.99. The normalized spacial score (nSPS) is 25.8. The molecule has 2 unspecified atom stereocenters. The molecule has 0 bridgehead atoms. The highest BCUT2D eigenvalue weighted by Gasteiger charge is 2.29. The summed E-state index contributed by atoms with van der Waals surface area (Å²) in [4.78, 5) is 0. The van der Waals surface area contributed by atoms with E-state index in [1.807, 2.05) is 0 Å². The van der Waals surface area contributed by atoms with Crippen molar-refractivity contribution in [3.05, 3.63) is 34.9 Å². The summed E-state index contributed by atoms with van der Waals surface area (Å²) >= 11 is 5.96. The second-order valence-corrected chi connectivity index (χ2v) is 4.59. The van der Waals surface area contributed by atoms with Gasteiger partial charge in [0.15, 0.2) is 0 Å². The third kappa shape index (κ3) is 2.04. The van der Waals surface area contributed by atoms with E-state index < -0.39 is 0 Å². The van der Waals surface area contributed by atoms with Crippen molar-refractivity contribution in [2.24, 2.45) is 5.92 Å². The molecule has 0 amide bonds. The molecule has 2 heteroatoms. The van der Waals surface area contributed by atoms with Crippen LogP contribution in [0.5, 0.6) is 0 Å². The second-order valence-electron chi connectivity index (χ2n) is 4.28. The van der Waals surface area contributed by atoms with Gasteiger partial charge in [-0.15, -0.1) is 11.6 Å². The Kier molecular flexibility index (Phi) is 3.32. The van der Waals surface area contributed by atoms with E-state index in [9.17, 15) is 0 Å². The first-order valence-electron chi connectivity index (χ1n) is 5.47. The molecule has 0 aliphatic carbocycles. The Labute approximate surface area is 96.4 Å². The van der Waals surface area contributed by atoms with E-state index in [1.165, 1.54) is 16.7 Å². The molecule has 0 saturated carbocycles. The molecule has 1 aromatic carbocycles. The van der Waals surface area contributed by atoms with E-state index in [-0.39, 0.29) is 6.10 Å². The molecule has 82 valence electrons. The largest absolute Gasteiger partial charge is 0.373 e. The predicted molar refractivity (Wildman–Crippen MR) is 63.4 cm³/mol. The van der Waals surface area contributed by atoms with Crippen LogP contribution in [0.2, 0.25) is 0 Å². The van der Waals surface area contributed by atoms with Crippen LogP contribution < -0.4 is 0 Å². The fourth-order valence-corrected chi connectivity index (χ4v) is 2.53. The maximum absolute atomic E-state index is 5.96. The van der Waals surface area contributed by atoms with E-state index in [4.69, 9.17) is 16.3 Å². The van der Waals surface area contributed by atoms with Crippen LogP contribution in [0.15, 0.2) is 18.2 Å². The summed E-state index contributed by atoms with van der Waals surface area (Å²) in [6.45, 7) is 5.15. The summed E-state index contributed by atoms with van der Waals surface area (Å²) in [6.07, 6.45) is 1.30. The van der Waals surface area contributed by atoms with E-state index in [1.54, 1.807) is 0 Å². The highest BCUT2D eigenvalue weighted by atomic mass is 35.5. The molecule has 0 radical (unpaired) electrons. The Hall–Kier alpha value is -0.530. The molecule has 0 spiro atoms. The van der Waals surface area contributed by atoms with Crippen molar-refractivity contribution in [3.63, 3.8) is 0 Å². The lowest BCUT2D eigenvalue weighted by atomic mass is 9.92. The summed E-state index contributed by atoms with van der Waals surface area (Å²) in [6, 6.07) is 6.41. The van der Waals surface area contributed by atoms with Gasteiger partial charge in [-0.1, -0.05) is 18.2 Å². The first-order valence-corrected chi connectivity index (χ1v) is 6.01. The first kappa shape index (κ1) is 11.0. The van der Waals surface area contributed by atoms with Crippen molar-refractivity contribution in [3.8, 4) is 0 Å². The Morgan fingerprint density at radius 3 is 2.93 bits per heavy atom. The van der Waals surface area contributed by atoms with Gasteiger partial charge in [-0.05, 0) is 37.0 Å². The van der Waals surface area contributed by atoms with Crippen molar-refractivity contribution in [2.45, 2.75) is 26.4 Å². The molecular formula is C13H17ClO. The third-order valence-corrected chi connectivity index (χ3v) is 3.76. The van der Waals surface area contributed by atoms with Crippen LogP contribution in [0.3, 0.4) is 0 Å².